The van der Waals surface area contributed by atoms with Crippen molar-refractivity contribution >= 4 is 32.6 Å². The third-order valence-corrected chi connectivity index (χ3v) is 6.85. The second kappa shape index (κ2) is 6.82. The van der Waals surface area contributed by atoms with Crippen molar-refractivity contribution in [1.29, 1.82) is 0 Å². The summed E-state index contributed by atoms with van der Waals surface area (Å²) >= 11 is 1.81. The smallest absolute Gasteiger partial charge is 0.240 e. The zero-order valence-corrected chi connectivity index (χ0v) is 18.0. The molecule has 5 aromatic rings. The van der Waals surface area contributed by atoms with E-state index in [9.17, 15) is 0 Å². The predicted molar refractivity (Wildman–Crippen MR) is 122 cm³/mol. The molecule has 0 amide bonds. The maximum absolute atomic E-state index is 5.09. The van der Waals surface area contributed by atoms with Gasteiger partial charge in [0.1, 0.15) is 5.69 Å². The van der Waals surface area contributed by atoms with Crippen LogP contribution in [0.25, 0.3) is 38.3 Å². The molecule has 144 valence electrons. The number of fused-ring (bicyclic) bond motifs is 2. The van der Waals surface area contributed by atoms with Gasteiger partial charge in [-0.15, -0.1) is 11.3 Å². The molecule has 0 atom stereocenters. The van der Waals surface area contributed by atoms with Gasteiger partial charge in [0.05, 0.1) is 27.8 Å². The quantitative estimate of drug-likeness (QED) is 0.333. The third-order valence-electron chi connectivity index (χ3n) is 5.53. The summed E-state index contributed by atoms with van der Waals surface area (Å²) in [6.07, 6.45) is 0. The molecule has 0 saturated carbocycles. The van der Waals surface area contributed by atoms with Gasteiger partial charge in [0.2, 0.25) is 0 Å². The molecule has 0 radical (unpaired) electrons. The number of imidazole rings is 1. The molecule has 29 heavy (non-hydrogen) atoms. The van der Waals surface area contributed by atoms with Crippen LogP contribution in [-0.2, 0) is 7.05 Å². The largest absolute Gasteiger partial charge is 0.297 e. The van der Waals surface area contributed by atoms with Crippen LogP contribution in [-0.4, -0.2) is 9.55 Å². The average Bonchev–Trinajstić information content (AvgIpc) is 3.29. The van der Waals surface area contributed by atoms with Crippen LogP contribution in [0.15, 0.2) is 66.7 Å². The van der Waals surface area contributed by atoms with Gasteiger partial charge in [-0.05, 0) is 42.8 Å². The van der Waals surface area contributed by atoms with Crippen molar-refractivity contribution in [3.63, 3.8) is 0 Å². The van der Waals surface area contributed by atoms with Gasteiger partial charge >= 0.3 is 0 Å². The Balaban J connectivity index is 1.94. The first-order valence-corrected chi connectivity index (χ1v) is 10.8. The summed E-state index contributed by atoms with van der Waals surface area (Å²) in [6, 6.07) is 23.7. The van der Waals surface area contributed by atoms with Crippen LogP contribution in [0.3, 0.4) is 0 Å². The summed E-state index contributed by atoms with van der Waals surface area (Å²) in [7, 11) is 2.16. The number of nitrogens with zero attached hydrogens (tertiary/aromatic N) is 3. The molecule has 0 aliphatic carbocycles. The van der Waals surface area contributed by atoms with Gasteiger partial charge in [0.15, 0.2) is 11.0 Å². The fourth-order valence-corrected chi connectivity index (χ4v) is 5.05. The summed E-state index contributed by atoms with van der Waals surface area (Å²) in [5.41, 5.74) is 7.14. The Morgan fingerprint density at radius 3 is 2.41 bits per heavy atom. The number of aromatic nitrogens is 3. The van der Waals surface area contributed by atoms with E-state index in [0.717, 1.165) is 11.2 Å². The Kier molecular flexibility index (Phi) is 4.25. The van der Waals surface area contributed by atoms with Gasteiger partial charge in [-0.2, -0.15) is 4.57 Å². The van der Waals surface area contributed by atoms with Crippen LogP contribution in [0.1, 0.15) is 30.3 Å². The highest BCUT2D eigenvalue weighted by Crippen LogP contribution is 2.37. The topological polar surface area (TPSA) is 21.7 Å². The van der Waals surface area contributed by atoms with E-state index in [2.05, 4.69) is 104 Å². The number of thiazole rings is 1. The lowest BCUT2D eigenvalue weighted by Crippen LogP contribution is -2.30. The Bertz CT molecular complexity index is 1340. The van der Waals surface area contributed by atoms with Crippen molar-refractivity contribution in [3.05, 3.63) is 77.3 Å². The van der Waals surface area contributed by atoms with Crippen molar-refractivity contribution in [2.75, 3.05) is 0 Å². The first kappa shape index (κ1) is 18.1. The molecule has 2 heterocycles. The molecule has 0 aliphatic rings. The van der Waals surface area contributed by atoms with Crippen LogP contribution in [0.5, 0.6) is 0 Å². The van der Waals surface area contributed by atoms with E-state index in [1.165, 1.54) is 37.7 Å². The molecule has 0 N–H and O–H groups in total. The number of hydrogen-bond donors (Lipinski definition) is 0. The highest BCUT2D eigenvalue weighted by atomic mass is 32.1. The SMILES string of the molecule is Cc1ccc2sc(C(C)C)nc2c1-c1n(-c2ccccc2)c2ccccc2[n+]1C. The Hall–Kier alpha value is -2.98. The molecular formula is C25H24N3S+. The molecule has 0 fully saturated rings. The van der Waals surface area contributed by atoms with E-state index in [-0.39, 0.29) is 0 Å². The summed E-state index contributed by atoms with van der Waals surface area (Å²) in [5, 5.41) is 1.19. The standard InChI is InChI=1S/C25H24N3S/c1-16(2)24-26-23-21(29-24)15-14-17(3)22(23)25-27(4)19-12-8-9-13-20(19)28(25)18-10-6-5-7-11-18/h5-16H,1-4H3/q+1. The molecule has 0 spiro atoms. The second-order valence-electron chi connectivity index (χ2n) is 7.85. The van der Waals surface area contributed by atoms with Crippen molar-refractivity contribution in [2.24, 2.45) is 7.05 Å². The predicted octanol–water partition coefficient (Wildman–Crippen LogP) is 6.16. The monoisotopic (exact) mass is 398 g/mol. The zero-order chi connectivity index (χ0) is 20.1. The van der Waals surface area contributed by atoms with Gasteiger partial charge in [-0.3, -0.25) is 0 Å². The van der Waals surface area contributed by atoms with Crippen LogP contribution < -0.4 is 4.57 Å². The van der Waals surface area contributed by atoms with Gasteiger partial charge in [0.25, 0.3) is 5.82 Å². The molecule has 3 nitrogen and oxygen atoms in total. The minimum absolute atomic E-state index is 0.425. The Morgan fingerprint density at radius 1 is 0.931 bits per heavy atom. The van der Waals surface area contributed by atoms with Crippen molar-refractivity contribution in [2.45, 2.75) is 26.7 Å². The van der Waals surface area contributed by atoms with Gasteiger partial charge in [0, 0.05) is 5.92 Å². The number of benzene rings is 3. The second-order valence-corrected chi connectivity index (χ2v) is 8.92. The maximum Gasteiger partial charge on any atom is 0.297 e. The van der Waals surface area contributed by atoms with E-state index < -0.39 is 0 Å². The minimum atomic E-state index is 0.425. The summed E-state index contributed by atoms with van der Waals surface area (Å²) in [6.45, 7) is 6.62. The van der Waals surface area contributed by atoms with E-state index in [4.69, 9.17) is 4.98 Å². The summed E-state index contributed by atoms with van der Waals surface area (Å²) < 4.78 is 5.92. The highest BCUT2D eigenvalue weighted by Gasteiger charge is 2.29. The fourth-order valence-electron chi connectivity index (χ4n) is 4.07. The molecule has 2 aromatic heterocycles. The maximum atomic E-state index is 5.09. The number of para-hydroxylation sites is 3. The zero-order valence-electron chi connectivity index (χ0n) is 17.2. The Morgan fingerprint density at radius 2 is 1.66 bits per heavy atom. The fraction of sp³-hybridized carbons (Fsp3) is 0.200. The number of hydrogen-bond acceptors (Lipinski definition) is 2. The van der Waals surface area contributed by atoms with Gasteiger partial charge in [-0.1, -0.05) is 50.2 Å². The van der Waals surface area contributed by atoms with Gasteiger partial charge in [-0.25, -0.2) is 9.55 Å². The van der Waals surface area contributed by atoms with E-state index in [1.54, 1.807) is 0 Å². The molecule has 0 unspecified atom stereocenters. The van der Waals surface area contributed by atoms with E-state index in [1.807, 2.05) is 11.3 Å². The number of aryl methyl sites for hydroxylation is 2. The molecule has 4 heteroatoms. The van der Waals surface area contributed by atoms with E-state index >= 15 is 0 Å². The van der Waals surface area contributed by atoms with E-state index in [0.29, 0.717) is 5.92 Å². The lowest BCUT2D eigenvalue weighted by Gasteiger charge is -2.07. The van der Waals surface area contributed by atoms with Crippen LogP contribution in [0.2, 0.25) is 0 Å². The molecule has 0 saturated heterocycles. The first-order chi connectivity index (χ1) is 14.1. The molecule has 3 aromatic carbocycles. The van der Waals surface area contributed by atoms with Crippen molar-refractivity contribution in [1.82, 2.24) is 9.55 Å². The molecule has 0 aliphatic heterocycles. The van der Waals surface area contributed by atoms with Crippen LogP contribution >= 0.6 is 11.3 Å². The van der Waals surface area contributed by atoms with Crippen LogP contribution in [0, 0.1) is 6.92 Å². The van der Waals surface area contributed by atoms with Gasteiger partial charge < -0.3 is 0 Å². The Labute approximate surface area is 174 Å². The molecule has 0 bridgehead atoms. The lowest BCUT2D eigenvalue weighted by molar-refractivity contribution is -0.633. The van der Waals surface area contributed by atoms with Crippen molar-refractivity contribution in [3.8, 4) is 17.1 Å². The number of rotatable bonds is 3. The normalized spacial score (nSPS) is 11.8. The molecule has 5 rings (SSSR count). The van der Waals surface area contributed by atoms with Crippen LogP contribution in [0.4, 0.5) is 0 Å². The summed E-state index contributed by atoms with van der Waals surface area (Å²) in [4.78, 5) is 5.09. The highest BCUT2D eigenvalue weighted by molar-refractivity contribution is 7.18. The average molecular weight is 399 g/mol. The first-order valence-electron chi connectivity index (χ1n) is 10.0. The minimum Gasteiger partial charge on any atom is -0.240 e. The lowest BCUT2D eigenvalue weighted by atomic mass is 10.1. The van der Waals surface area contributed by atoms with Crippen molar-refractivity contribution < 1.29 is 4.57 Å². The summed E-state index contributed by atoms with van der Waals surface area (Å²) in [5.74, 6) is 1.59. The molecular weight excluding hydrogens is 374 g/mol. The third kappa shape index (κ3) is 2.78.